The minimum absolute atomic E-state index is 0.322. The molecule has 0 aliphatic rings. The first kappa shape index (κ1) is 23.3. The number of rotatable bonds is 8. The lowest BCUT2D eigenvalue weighted by atomic mass is 9.89. The Kier molecular flexibility index (Phi) is 7.46. The molecule has 4 heteroatoms. The Bertz CT molecular complexity index is 1310. The van der Waals surface area contributed by atoms with Crippen LogP contribution in [-0.2, 0) is 11.3 Å². The fourth-order valence-electron chi connectivity index (χ4n) is 3.88. The SMILES string of the molecule is C=Cc1cccc(-c2cc(Cl)ccc2OCc2ccccc2)c1-c1cccc(C(=O)OCC)c1. The average Bonchev–Trinajstić information content (AvgIpc) is 2.88. The number of ether oxygens (including phenoxy) is 2. The van der Waals surface area contributed by atoms with Crippen molar-refractivity contribution in [3.8, 4) is 28.0 Å². The third-order valence-electron chi connectivity index (χ3n) is 5.45. The molecule has 4 aromatic rings. The van der Waals surface area contributed by atoms with Crippen LogP contribution in [0.2, 0.25) is 5.02 Å². The highest BCUT2D eigenvalue weighted by molar-refractivity contribution is 6.31. The van der Waals surface area contributed by atoms with Crippen LogP contribution >= 0.6 is 11.6 Å². The Labute approximate surface area is 205 Å². The van der Waals surface area contributed by atoms with E-state index in [4.69, 9.17) is 21.1 Å². The smallest absolute Gasteiger partial charge is 0.338 e. The van der Waals surface area contributed by atoms with Gasteiger partial charge in [-0.3, -0.25) is 0 Å². The zero-order chi connectivity index (χ0) is 23.9. The summed E-state index contributed by atoms with van der Waals surface area (Å²) in [6.45, 7) is 6.56. The number of esters is 1. The highest BCUT2D eigenvalue weighted by Crippen LogP contribution is 2.41. The number of hydrogen-bond donors (Lipinski definition) is 0. The van der Waals surface area contributed by atoms with E-state index in [2.05, 4.69) is 6.58 Å². The third-order valence-corrected chi connectivity index (χ3v) is 5.68. The van der Waals surface area contributed by atoms with Gasteiger partial charge in [0.1, 0.15) is 12.4 Å². The standard InChI is InChI=1S/C30H25ClO3/c1-3-22-12-9-15-26(29(22)23-13-8-14-24(18-23)30(32)33-4-2)27-19-25(31)16-17-28(27)34-20-21-10-6-5-7-11-21/h3,5-19H,1,4,20H2,2H3. The van der Waals surface area contributed by atoms with E-state index in [0.29, 0.717) is 23.8 Å². The fourth-order valence-corrected chi connectivity index (χ4v) is 4.05. The Morgan fingerprint density at radius 2 is 1.71 bits per heavy atom. The minimum atomic E-state index is -0.350. The molecule has 0 unspecified atom stereocenters. The van der Waals surface area contributed by atoms with Gasteiger partial charge in [0, 0.05) is 10.6 Å². The van der Waals surface area contributed by atoms with Crippen LogP contribution in [0.1, 0.15) is 28.4 Å². The molecule has 0 saturated heterocycles. The normalized spacial score (nSPS) is 10.5. The molecule has 0 aromatic heterocycles. The maximum Gasteiger partial charge on any atom is 0.338 e. The first-order chi connectivity index (χ1) is 16.6. The fraction of sp³-hybridized carbons (Fsp3) is 0.100. The van der Waals surface area contributed by atoms with Gasteiger partial charge in [-0.1, -0.05) is 84.9 Å². The van der Waals surface area contributed by atoms with Gasteiger partial charge in [0.15, 0.2) is 0 Å². The van der Waals surface area contributed by atoms with Gasteiger partial charge in [0.05, 0.1) is 12.2 Å². The van der Waals surface area contributed by atoms with Crippen LogP contribution in [0.3, 0.4) is 0 Å². The largest absolute Gasteiger partial charge is 0.488 e. The highest BCUT2D eigenvalue weighted by Gasteiger charge is 2.17. The Morgan fingerprint density at radius 1 is 0.912 bits per heavy atom. The highest BCUT2D eigenvalue weighted by atomic mass is 35.5. The van der Waals surface area contributed by atoms with E-state index in [1.807, 2.05) is 91.0 Å². The van der Waals surface area contributed by atoms with E-state index < -0.39 is 0 Å². The van der Waals surface area contributed by atoms with Crippen molar-refractivity contribution in [2.24, 2.45) is 0 Å². The van der Waals surface area contributed by atoms with Gasteiger partial charge >= 0.3 is 5.97 Å². The number of carbonyl (C=O) groups excluding carboxylic acids is 1. The average molecular weight is 469 g/mol. The Morgan fingerprint density at radius 3 is 2.47 bits per heavy atom. The maximum atomic E-state index is 12.4. The molecule has 170 valence electrons. The molecule has 0 saturated carbocycles. The summed E-state index contributed by atoms with van der Waals surface area (Å²) >= 11 is 6.42. The van der Waals surface area contributed by atoms with Crippen molar-refractivity contribution in [3.63, 3.8) is 0 Å². The molecular weight excluding hydrogens is 444 g/mol. The summed E-state index contributed by atoms with van der Waals surface area (Å²) in [5, 5.41) is 0.609. The molecule has 34 heavy (non-hydrogen) atoms. The lowest BCUT2D eigenvalue weighted by Crippen LogP contribution is -2.04. The van der Waals surface area contributed by atoms with E-state index in [-0.39, 0.29) is 5.97 Å². The molecule has 0 heterocycles. The monoisotopic (exact) mass is 468 g/mol. The quantitative estimate of drug-likeness (QED) is 0.245. The zero-order valence-corrected chi connectivity index (χ0v) is 19.7. The topological polar surface area (TPSA) is 35.5 Å². The van der Waals surface area contributed by atoms with Gasteiger partial charge in [0.2, 0.25) is 0 Å². The van der Waals surface area contributed by atoms with Gasteiger partial charge in [-0.2, -0.15) is 0 Å². The van der Waals surface area contributed by atoms with Gasteiger partial charge in [-0.25, -0.2) is 4.79 Å². The lowest BCUT2D eigenvalue weighted by molar-refractivity contribution is 0.0526. The zero-order valence-electron chi connectivity index (χ0n) is 19.0. The van der Waals surface area contributed by atoms with E-state index in [0.717, 1.165) is 39.1 Å². The van der Waals surface area contributed by atoms with E-state index >= 15 is 0 Å². The van der Waals surface area contributed by atoms with Crippen molar-refractivity contribution >= 4 is 23.6 Å². The third kappa shape index (κ3) is 5.22. The number of benzene rings is 4. The summed E-state index contributed by atoms with van der Waals surface area (Å²) in [7, 11) is 0. The molecule has 0 atom stereocenters. The van der Waals surface area contributed by atoms with Crippen LogP contribution in [0, 0.1) is 0 Å². The molecule has 0 bridgehead atoms. The second kappa shape index (κ2) is 10.9. The summed E-state index contributed by atoms with van der Waals surface area (Å²) in [6, 6.07) is 29.1. The minimum Gasteiger partial charge on any atom is -0.488 e. The molecule has 3 nitrogen and oxygen atoms in total. The van der Waals surface area contributed by atoms with Gasteiger partial charge in [-0.05, 0) is 65.1 Å². The molecule has 0 amide bonds. The number of halogens is 1. The van der Waals surface area contributed by atoms with E-state index in [1.165, 1.54) is 0 Å². The van der Waals surface area contributed by atoms with Gasteiger partial charge in [0.25, 0.3) is 0 Å². The van der Waals surface area contributed by atoms with Crippen molar-refractivity contribution < 1.29 is 14.3 Å². The molecule has 0 aliphatic heterocycles. The summed E-state index contributed by atoms with van der Waals surface area (Å²) in [5.74, 6) is 0.369. The molecular formula is C30H25ClO3. The van der Waals surface area contributed by atoms with Crippen molar-refractivity contribution in [1.29, 1.82) is 0 Å². The number of hydrogen-bond acceptors (Lipinski definition) is 3. The van der Waals surface area contributed by atoms with Crippen molar-refractivity contribution in [3.05, 3.63) is 119 Å². The molecule has 0 spiro atoms. The molecule has 4 aromatic carbocycles. The van der Waals surface area contributed by atoms with Crippen LogP contribution in [0.25, 0.3) is 28.3 Å². The van der Waals surface area contributed by atoms with Crippen LogP contribution in [-0.4, -0.2) is 12.6 Å². The first-order valence-electron chi connectivity index (χ1n) is 11.1. The van der Waals surface area contributed by atoms with Crippen molar-refractivity contribution in [2.45, 2.75) is 13.5 Å². The van der Waals surface area contributed by atoms with Crippen LogP contribution in [0.15, 0.2) is 97.6 Å². The Balaban J connectivity index is 1.83. The predicted octanol–water partition coefficient (Wildman–Crippen LogP) is 8.07. The second-order valence-corrected chi connectivity index (χ2v) is 8.13. The van der Waals surface area contributed by atoms with Crippen LogP contribution in [0.4, 0.5) is 0 Å². The molecule has 0 aliphatic carbocycles. The lowest BCUT2D eigenvalue weighted by Gasteiger charge is -2.18. The van der Waals surface area contributed by atoms with Crippen molar-refractivity contribution in [1.82, 2.24) is 0 Å². The maximum absolute atomic E-state index is 12.4. The Hall–Kier alpha value is -3.82. The molecule has 0 radical (unpaired) electrons. The van der Waals surface area contributed by atoms with Gasteiger partial charge in [-0.15, -0.1) is 0 Å². The molecule has 4 rings (SSSR count). The van der Waals surface area contributed by atoms with Crippen molar-refractivity contribution in [2.75, 3.05) is 6.61 Å². The van der Waals surface area contributed by atoms with Crippen LogP contribution < -0.4 is 4.74 Å². The predicted molar refractivity (Wildman–Crippen MR) is 139 cm³/mol. The number of carbonyl (C=O) groups is 1. The summed E-state index contributed by atoms with van der Waals surface area (Å²) < 4.78 is 11.4. The molecule has 0 N–H and O–H groups in total. The van der Waals surface area contributed by atoms with E-state index in [9.17, 15) is 4.79 Å². The summed E-state index contributed by atoms with van der Waals surface area (Å²) in [4.78, 5) is 12.4. The second-order valence-electron chi connectivity index (χ2n) is 7.69. The summed E-state index contributed by atoms with van der Waals surface area (Å²) in [5.41, 5.74) is 6.13. The first-order valence-corrected chi connectivity index (χ1v) is 11.5. The molecule has 0 fully saturated rings. The van der Waals surface area contributed by atoms with Gasteiger partial charge < -0.3 is 9.47 Å². The summed E-state index contributed by atoms with van der Waals surface area (Å²) in [6.07, 6.45) is 1.81. The van der Waals surface area contributed by atoms with Crippen LogP contribution in [0.5, 0.6) is 5.75 Å². The van der Waals surface area contributed by atoms with E-state index in [1.54, 1.807) is 13.0 Å².